The molecule has 94 valence electrons. The van der Waals surface area contributed by atoms with E-state index in [1.807, 2.05) is 48.6 Å². The van der Waals surface area contributed by atoms with Crippen LogP contribution in [0, 0.1) is 10.5 Å². The highest BCUT2D eigenvalue weighted by Crippen LogP contribution is 2.25. The van der Waals surface area contributed by atoms with Crippen LogP contribution in [0.3, 0.4) is 0 Å². The van der Waals surface area contributed by atoms with Gasteiger partial charge in [-0.2, -0.15) is 0 Å². The summed E-state index contributed by atoms with van der Waals surface area (Å²) < 4.78 is 6.09. The van der Waals surface area contributed by atoms with Crippen LogP contribution >= 0.6 is 22.6 Å². The molecule has 6 heteroatoms. The highest BCUT2D eigenvalue weighted by Gasteiger charge is 2.11. The average Bonchev–Trinajstić information content (AvgIpc) is 2.37. The van der Waals surface area contributed by atoms with E-state index in [-0.39, 0.29) is 5.56 Å². The van der Waals surface area contributed by atoms with Crippen LogP contribution in [0.2, 0.25) is 0 Å². The van der Waals surface area contributed by atoms with E-state index in [2.05, 4.69) is 15.0 Å². The fourth-order valence-corrected chi connectivity index (χ4v) is 1.89. The van der Waals surface area contributed by atoms with Gasteiger partial charge in [-0.05, 0) is 48.1 Å². The summed E-state index contributed by atoms with van der Waals surface area (Å²) in [5.74, 6) is 0.943. The lowest BCUT2D eigenvalue weighted by atomic mass is 10.2. The Balaban J connectivity index is 2.40. The summed E-state index contributed by atoms with van der Waals surface area (Å²) in [6, 6.07) is 3.72. The summed E-state index contributed by atoms with van der Waals surface area (Å²) in [4.78, 5) is 22.4. The Morgan fingerprint density at radius 1 is 1.44 bits per heavy atom. The molecule has 0 amide bonds. The van der Waals surface area contributed by atoms with Gasteiger partial charge >= 0.3 is 0 Å². The highest BCUT2D eigenvalue weighted by atomic mass is 127. The van der Waals surface area contributed by atoms with Crippen molar-refractivity contribution in [2.24, 2.45) is 0 Å². The minimum absolute atomic E-state index is 0.210. The minimum atomic E-state index is -0.210. The van der Waals surface area contributed by atoms with E-state index in [9.17, 15) is 4.79 Å². The van der Waals surface area contributed by atoms with E-state index < -0.39 is 0 Å². The van der Waals surface area contributed by atoms with E-state index in [4.69, 9.17) is 4.74 Å². The Morgan fingerprint density at radius 3 is 2.94 bits per heavy atom. The molecule has 2 rings (SSSR count). The summed E-state index contributed by atoms with van der Waals surface area (Å²) in [5.41, 5.74) is 1.58. The van der Waals surface area contributed by atoms with E-state index in [1.165, 1.54) is 6.33 Å². The monoisotopic (exact) mass is 357 g/mol. The van der Waals surface area contributed by atoms with Crippen molar-refractivity contribution in [2.75, 3.05) is 0 Å². The number of hydrogen-bond donors (Lipinski definition) is 1. The molecule has 18 heavy (non-hydrogen) atoms. The first-order valence-corrected chi connectivity index (χ1v) is 6.57. The molecule has 0 saturated carbocycles. The second-order valence-corrected chi connectivity index (χ2v) is 4.78. The van der Waals surface area contributed by atoms with Gasteiger partial charge in [-0.15, -0.1) is 0 Å². The van der Waals surface area contributed by atoms with Crippen LogP contribution in [0.25, 0.3) is 0 Å². The largest absolute Gasteiger partial charge is 0.436 e. The molecule has 2 aromatic heterocycles. The summed E-state index contributed by atoms with van der Waals surface area (Å²) in [7, 11) is 0. The van der Waals surface area contributed by atoms with Crippen molar-refractivity contribution in [3.63, 3.8) is 0 Å². The van der Waals surface area contributed by atoms with Crippen molar-refractivity contribution < 1.29 is 4.74 Å². The summed E-state index contributed by atoms with van der Waals surface area (Å²) >= 11 is 1.91. The molecule has 5 nitrogen and oxygen atoms in total. The van der Waals surface area contributed by atoms with Crippen molar-refractivity contribution in [1.82, 2.24) is 15.0 Å². The van der Waals surface area contributed by atoms with Gasteiger partial charge in [0.25, 0.3) is 5.56 Å². The molecule has 2 aromatic rings. The van der Waals surface area contributed by atoms with Crippen LogP contribution in [-0.2, 0) is 6.42 Å². The topological polar surface area (TPSA) is 67.9 Å². The maximum absolute atomic E-state index is 11.4. The molecule has 0 aliphatic heterocycles. The lowest BCUT2D eigenvalue weighted by Crippen LogP contribution is -2.11. The van der Waals surface area contributed by atoms with Gasteiger partial charge in [0.15, 0.2) is 5.75 Å². The van der Waals surface area contributed by atoms with Crippen LogP contribution in [0.4, 0.5) is 0 Å². The lowest BCUT2D eigenvalue weighted by molar-refractivity contribution is 0.448. The Bertz CT molecular complexity index is 625. The number of nitrogens with zero attached hydrogens (tertiary/aromatic N) is 2. The molecule has 0 bridgehead atoms. The molecule has 1 N–H and O–H groups in total. The molecule has 0 spiro atoms. The molecule has 0 aromatic carbocycles. The van der Waals surface area contributed by atoms with Gasteiger partial charge in [0.2, 0.25) is 5.88 Å². The third-order valence-electron chi connectivity index (χ3n) is 2.38. The Labute approximate surface area is 118 Å². The number of H-pyrrole nitrogens is 1. The average molecular weight is 357 g/mol. The Morgan fingerprint density at radius 2 is 2.22 bits per heavy atom. The predicted molar refractivity (Wildman–Crippen MR) is 76.0 cm³/mol. The van der Waals surface area contributed by atoms with Gasteiger partial charge in [0.1, 0.15) is 3.57 Å². The van der Waals surface area contributed by atoms with Crippen molar-refractivity contribution in [3.05, 3.63) is 43.8 Å². The lowest BCUT2D eigenvalue weighted by Gasteiger charge is -2.09. The summed E-state index contributed by atoms with van der Waals surface area (Å²) in [6.45, 7) is 3.93. The van der Waals surface area contributed by atoms with Crippen LogP contribution in [0.5, 0.6) is 11.6 Å². The maximum Gasteiger partial charge on any atom is 0.268 e. The number of ether oxygens (including phenoxy) is 1. The Kier molecular flexibility index (Phi) is 3.95. The predicted octanol–water partition coefficient (Wildman–Crippen LogP) is 2.43. The van der Waals surface area contributed by atoms with Crippen LogP contribution < -0.4 is 10.3 Å². The van der Waals surface area contributed by atoms with E-state index >= 15 is 0 Å². The molecular weight excluding hydrogens is 345 g/mol. The first-order valence-electron chi connectivity index (χ1n) is 5.49. The van der Waals surface area contributed by atoms with Gasteiger partial charge in [-0.1, -0.05) is 6.92 Å². The second kappa shape index (κ2) is 5.47. The van der Waals surface area contributed by atoms with E-state index in [0.29, 0.717) is 15.2 Å². The van der Waals surface area contributed by atoms with Gasteiger partial charge in [-0.3, -0.25) is 9.78 Å². The van der Waals surface area contributed by atoms with Crippen LogP contribution in [0.15, 0.2) is 23.3 Å². The number of rotatable bonds is 3. The zero-order valence-corrected chi connectivity index (χ0v) is 12.2. The van der Waals surface area contributed by atoms with Gasteiger partial charge < -0.3 is 9.72 Å². The van der Waals surface area contributed by atoms with Crippen molar-refractivity contribution in [1.29, 1.82) is 0 Å². The number of nitrogens with one attached hydrogen (secondary N) is 1. The number of aromatic amines is 1. The fourth-order valence-electron chi connectivity index (χ4n) is 1.49. The van der Waals surface area contributed by atoms with Crippen LogP contribution in [0.1, 0.15) is 18.3 Å². The molecule has 2 heterocycles. The maximum atomic E-state index is 11.4. The first kappa shape index (κ1) is 13.0. The van der Waals surface area contributed by atoms with Gasteiger partial charge in [0, 0.05) is 5.69 Å². The number of halogens is 1. The zero-order valence-electron chi connectivity index (χ0n) is 10.0. The van der Waals surface area contributed by atoms with Gasteiger partial charge in [0.05, 0.1) is 12.0 Å². The zero-order chi connectivity index (χ0) is 13.1. The molecule has 0 fully saturated rings. The van der Waals surface area contributed by atoms with E-state index in [1.54, 1.807) is 0 Å². The molecule has 0 atom stereocenters. The second-order valence-electron chi connectivity index (χ2n) is 3.70. The number of aryl methyl sites for hydroxylation is 2. The smallest absolute Gasteiger partial charge is 0.268 e. The summed E-state index contributed by atoms with van der Waals surface area (Å²) in [6.07, 6.45) is 2.09. The first-order chi connectivity index (χ1) is 8.61. The van der Waals surface area contributed by atoms with Gasteiger partial charge in [-0.25, -0.2) is 4.98 Å². The normalized spacial score (nSPS) is 10.4. The number of aromatic nitrogens is 3. The molecule has 0 unspecified atom stereocenters. The number of pyridine rings is 1. The summed E-state index contributed by atoms with van der Waals surface area (Å²) in [5, 5.41) is 0. The SMILES string of the molecule is CCc1nc(C)ccc1Oc1nc[nH]c(=O)c1I. The fraction of sp³-hybridized carbons (Fsp3) is 0.250. The molecule has 0 aliphatic carbocycles. The standard InChI is InChI=1S/C12H12IN3O2/c1-3-8-9(5-4-7(2)16-8)18-12-10(13)11(17)14-6-15-12/h4-6H,3H2,1-2H3,(H,14,15,17). The number of hydrogen-bond acceptors (Lipinski definition) is 4. The molecule has 0 radical (unpaired) electrons. The molecule has 0 saturated heterocycles. The van der Waals surface area contributed by atoms with Crippen molar-refractivity contribution in [3.8, 4) is 11.6 Å². The Hall–Kier alpha value is -1.44. The van der Waals surface area contributed by atoms with Crippen LogP contribution in [-0.4, -0.2) is 15.0 Å². The third-order valence-corrected chi connectivity index (χ3v) is 3.33. The minimum Gasteiger partial charge on any atom is -0.436 e. The highest BCUT2D eigenvalue weighted by molar-refractivity contribution is 14.1. The third kappa shape index (κ3) is 2.69. The quantitative estimate of drug-likeness (QED) is 0.857. The molecule has 0 aliphatic rings. The van der Waals surface area contributed by atoms with Crippen molar-refractivity contribution >= 4 is 22.6 Å². The van der Waals surface area contributed by atoms with Crippen molar-refractivity contribution in [2.45, 2.75) is 20.3 Å². The molecular formula is C12H12IN3O2. The van der Waals surface area contributed by atoms with E-state index in [0.717, 1.165) is 17.8 Å².